The molecule has 0 saturated heterocycles. The van der Waals surface area contributed by atoms with Crippen molar-refractivity contribution in [1.29, 1.82) is 0 Å². The molecular formula is C17H19N3O2. The lowest BCUT2D eigenvalue weighted by Crippen LogP contribution is -2.25. The van der Waals surface area contributed by atoms with E-state index in [9.17, 15) is 4.79 Å². The van der Waals surface area contributed by atoms with Gasteiger partial charge in [0.05, 0.1) is 19.9 Å². The Hall–Kier alpha value is -2.82. The summed E-state index contributed by atoms with van der Waals surface area (Å²) in [5.74, 6) is 0.568. The molecule has 0 heterocycles. The topological polar surface area (TPSA) is 62.7 Å². The van der Waals surface area contributed by atoms with Crippen molar-refractivity contribution in [1.82, 2.24) is 5.43 Å². The molecule has 0 bridgehead atoms. The Balaban J connectivity index is 1.79. The fraction of sp³-hybridized carbons (Fsp3) is 0.176. The normalized spacial score (nSPS) is 10.5. The van der Waals surface area contributed by atoms with E-state index in [1.54, 1.807) is 13.3 Å². The van der Waals surface area contributed by atoms with Crippen LogP contribution in [0.5, 0.6) is 5.75 Å². The van der Waals surface area contributed by atoms with Crippen molar-refractivity contribution >= 4 is 17.8 Å². The molecule has 0 aliphatic carbocycles. The van der Waals surface area contributed by atoms with Crippen molar-refractivity contribution in [2.75, 3.05) is 19.0 Å². The highest BCUT2D eigenvalue weighted by molar-refractivity contribution is 5.85. The van der Waals surface area contributed by atoms with Crippen LogP contribution in [0.25, 0.3) is 0 Å². The average molecular weight is 297 g/mol. The van der Waals surface area contributed by atoms with Gasteiger partial charge in [0.25, 0.3) is 5.91 Å². The summed E-state index contributed by atoms with van der Waals surface area (Å²) < 4.78 is 5.07. The largest absolute Gasteiger partial charge is 0.497 e. The SMILES string of the molecule is COc1ccc(NCC(=O)N/N=C/c2ccccc2C)cc1. The lowest BCUT2D eigenvalue weighted by Gasteiger charge is -2.06. The molecule has 5 heteroatoms. The maximum Gasteiger partial charge on any atom is 0.259 e. The van der Waals surface area contributed by atoms with Gasteiger partial charge in [-0.25, -0.2) is 5.43 Å². The van der Waals surface area contributed by atoms with Crippen LogP contribution < -0.4 is 15.5 Å². The summed E-state index contributed by atoms with van der Waals surface area (Å²) in [6.07, 6.45) is 1.64. The average Bonchev–Trinajstić information content (AvgIpc) is 2.55. The summed E-state index contributed by atoms with van der Waals surface area (Å²) in [7, 11) is 1.61. The molecule has 0 aromatic heterocycles. The molecule has 0 atom stereocenters. The lowest BCUT2D eigenvalue weighted by molar-refractivity contribution is -0.119. The van der Waals surface area contributed by atoms with Crippen LogP contribution in [-0.2, 0) is 4.79 Å². The number of hydrogen-bond acceptors (Lipinski definition) is 4. The summed E-state index contributed by atoms with van der Waals surface area (Å²) in [4.78, 5) is 11.7. The number of carbonyl (C=O) groups is 1. The number of amides is 1. The van der Waals surface area contributed by atoms with Gasteiger partial charge in [-0.1, -0.05) is 24.3 Å². The van der Waals surface area contributed by atoms with E-state index in [2.05, 4.69) is 15.8 Å². The number of carbonyl (C=O) groups excluding carboxylic acids is 1. The zero-order valence-electron chi connectivity index (χ0n) is 12.7. The molecule has 0 aliphatic heterocycles. The molecule has 5 nitrogen and oxygen atoms in total. The highest BCUT2D eigenvalue weighted by atomic mass is 16.5. The highest BCUT2D eigenvalue weighted by Crippen LogP contribution is 2.14. The van der Waals surface area contributed by atoms with E-state index in [1.807, 2.05) is 55.5 Å². The molecule has 0 spiro atoms. The van der Waals surface area contributed by atoms with Crippen molar-refractivity contribution in [3.63, 3.8) is 0 Å². The van der Waals surface area contributed by atoms with Crippen LogP contribution >= 0.6 is 0 Å². The summed E-state index contributed by atoms with van der Waals surface area (Å²) in [5.41, 5.74) is 5.43. The Labute approximate surface area is 130 Å². The molecule has 2 aromatic carbocycles. The minimum atomic E-state index is -0.208. The van der Waals surface area contributed by atoms with Crippen LogP contribution in [0.15, 0.2) is 53.6 Å². The van der Waals surface area contributed by atoms with E-state index in [4.69, 9.17) is 4.74 Å². The maximum absolute atomic E-state index is 11.7. The minimum absolute atomic E-state index is 0.150. The van der Waals surface area contributed by atoms with Gasteiger partial charge in [0.2, 0.25) is 0 Å². The van der Waals surface area contributed by atoms with Crippen molar-refractivity contribution in [3.05, 3.63) is 59.7 Å². The van der Waals surface area contributed by atoms with Gasteiger partial charge in [0.15, 0.2) is 0 Å². The molecule has 2 aromatic rings. The number of methoxy groups -OCH3 is 1. The Morgan fingerprint density at radius 1 is 1.18 bits per heavy atom. The summed E-state index contributed by atoms with van der Waals surface area (Å²) in [5, 5.41) is 6.97. The number of benzene rings is 2. The number of rotatable bonds is 6. The predicted octanol–water partition coefficient (Wildman–Crippen LogP) is 2.57. The smallest absolute Gasteiger partial charge is 0.259 e. The third-order valence-electron chi connectivity index (χ3n) is 3.12. The fourth-order valence-corrected chi connectivity index (χ4v) is 1.84. The van der Waals surface area contributed by atoms with E-state index in [0.717, 1.165) is 22.6 Å². The van der Waals surface area contributed by atoms with Crippen LogP contribution in [0.3, 0.4) is 0 Å². The Bertz CT molecular complexity index is 651. The second-order valence-corrected chi connectivity index (χ2v) is 4.73. The molecule has 22 heavy (non-hydrogen) atoms. The van der Waals surface area contributed by atoms with Crippen LogP contribution in [-0.4, -0.2) is 25.8 Å². The summed E-state index contributed by atoms with van der Waals surface area (Å²) in [6, 6.07) is 15.2. The molecule has 2 rings (SSSR count). The van der Waals surface area contributed by atoms with Gasteiger partial charge in [-0.3, -0.25) is 4.79 Å². The third kappa shape index (κ3) is 4.63. The first-order valence-corrected chi connectivity index (χ1v) is 6.94. The molecule has 0 fully saturated rings. The first kappa shape index (κ1) is 15.6. The first-order valence-electron chi connectivity index (χ1n) is 6.94. The van der Waals surface area contributed by atoms with Crippen molar-refractivity contribution < 1.29 is 9.53 Å². The zero-order chi connectivity index (χ0) is 15.8. The maximum atomic E-state index is 11.7. The molecule has 114 valence electrons. The van der Waals surface area contributed by atoms with E-state index >= 15 is 0 Å². The molecule has 0 aliphatic rings. The predicted molar refractivity (Wildman–Crippen MR) is 88.4 cm³/mol. The Kier molecular flexibility index (Phi) is 5.54. The number of anilines is 1. The number of ether oxygens (including phenoxy) is 1. The van der Waals surface area contributed by atoms with E-state index in [-0.39, 0.29) is 12.5 Å². The van der Waals surface area contributed by atoms with Gasteiger partial charge in [-0.2, -0.15) is 5.10 Å². The molecular weight excluding hydrogens is 278 g/mol. The summed E-state index contributed by atoms with van der Waals surface area (Å²) in [6.45, 7) is 2.14. The number of hydrazone groups is 1. The molecule has 0 saturated carbocycles. The van der Waals surface area contributed by atoms with Gasteiger partial charge in [0.1, 0.15) is 5.75 Å². The molecule has 1 amide bonds. The second-order valence-electron chi connectivity index (χ2n) is 4.73. The standard InChI is InChI=1S/C17H19N3O2/c1-13-5-3-4-6-14(13)11-19-20-17(21)12-18-15-7-9-16(22-2)10-8-15/h3-11,18H,12H2,1-2H3,(H,20,21)/b19-11+. The fourth-order valence-electron chi connectivity index (χ4n) is 1.84. The van der Waals surface area contributed by atoms with Gasteiger partial charge in [-0.15, -0.1) is 0 Å². The number of nitrogens with zero attached hydrogens (tertiary/aromatic N) is 1. The van der Waals surface area contributed by atoms with E-state index in [1.165, 1.54) is 0 Å². The van der Waals surface area contributed by atoms with Gasteiger partial charge in [0, 0.05) is 5.69 Å². The van der Waals surface area contributed by atoms with Crippen LogP contribution in [0.1, 0.15) is 11.1 Å². The molecule has 2 N–H and O–H groups in total. The quantitative estimate of drug-likeness (QED) is 0.636. The van der Waals surface area contributed by atoms with Gasteiger partial charge in [-0.05, 0) is 42.3 Å². The van der Waals surface area contributed by atoms with Crippen molar-refractivity contribution in [3.8, 4) is 5.75 Å². The highest BCUT2D eigenvalue weighted by Gasteiger charge is 2.00. The van der Waals surface area contributed by atoms with Gasteiger partial charge >= 0.3 is 0 Å². The van der Waals surface area contributed by atoms with Crippen molar-refractivity contribution in [2.45, 2.75) is 6.92 Å². The molecule has 0 unspecified atom stereocenters. The van der Waals surface area contributed by atoms with Crippen LogP contribution in [0.4, 0.5) is 5.69 Å². The third-order valence-corrected chi connectivity index (χ3v) is 3.12. The van der Waals surface area contributed by atoms with Crippen LogP contribution in [0, 0.1) is 6.92 Å². The minimum Gasteiger partial charge on any atom is -0.497 e. The van der Waals surface area contributed by atoms with Gasteiger partial charge < -0.3 is 10.1 Å². The number of hydrogen-bond donors (Lipinski definition) is 2. The van der Waals surface area contributed by atoms with Crippen LogP contribution in [0.2, 0.25) is 0 Å². The number of nitrogens with one attached hydrogen (secondary N) is 2. The zero-order valence-corrected chi connectivity index (χ0v) is 12.7. The monoisotopic (exact) mass is 297 g/mol. The Morgan fingerprint density at radius 2 is 1.91 bits per heavy atom. The Morgan fingerprint density at radius 3 is 2.59 bits per heavy atom. The van der Waals surface area contributed by atoms with E-state index < -0.39 is 0 Å². The van der Waals surface area contributed by atoms with Crippen molar-refractivity contribution in [2.24, 2.45) is 5.10 Å². The summed E-state index contributed by atoms with van der Waals surface area (Å²) >= 11 is 0. The lowest BCUT2D eigenvalue weighted by atomic mass is 10.1. The molecule has 0 radical (unpaired) electrons. The number of aryl methyl sites for hydroxylation is 1. The second kappa shape index (κ2) is 7.83. The first-order chi connectivity index (χ1) is 10.7. The van der Waals surface area contributed by atoms with E-state index in [0.29, 0.717) is 0 Å².